The van der Waals surface area contributed by atoms with Gasteiger partial charge in [0, 0.05) is 30.3 Å². The first-order valence-electron chi connectivity index (χ1n) is 8.68. The van der Waals surface area contributed by atoms with Gasteiger partial charge in [0.2, 0.25) is 0 Å². The lowest BCUT2D eigenvalue weighted by Gasteiger charge is -2.08. The van der Waals surface area contributed by atoms with Crippen molar-refractivity contribution in [1.82, 2.24) is 4.57 Å². The predicted octanol–water partition coefficient (Wildman–Crippen LogP) is 3.58. The zero-order valence-corrected chi connectivity index (χ0v) is 14.3. The van der Waals surface area contributed by atoms with Crippen LogP contribution in [0.4, 0.5) is 0 Å². The fourth-order valence-electron chi connectivity index (χ4n) is 3.48. The van der Waals surface area contributed by atoms with Crippen LogP contribution in [0.15, 0.2) is 18.2 Å². The van der Waals surface area contributed by atoms with Crippen LogP contribution in [0.25, 0.3) is 10.9 Å². The van der Waals surface area contributed by atoms with E-state index in [1.165, 1.54) is 35.7 Å². The van der Waals surface area contributed by atoms with Crippen molar-refractivity contribution in [3.63, 3.8) is 0 Å². The summed E-state index contributed by atoms with van der Waals surface area (Å²) in [7, 11) is 1.68. The lowest BCUT2D eigenvalue weighted by molar-refractivity contribution is 0.0544. The van der Waals surface area contributed by atoms with E-state index in [4.69, 9.17) is 14.2 Å². The first-order chi connectivity index (χ1) is 11.3. The molecule has 0 radical (unpaired) electrons. The molecule has 0 saturated carbocycles. The molecule has 2 heterocycles. The fourth-order valence-corrected chi connectivity index (χ4v) is 3.48. The van der Waals surface area contributed by atoms with E-state index in [9.17, 15) is 0 Å². The standard InChI is InChI=1S/C19H27NO3/c1-3-5-16-17-14-15(23-13-12-22-11-10-21-2)7-8-19(17)20-9-4-6-18(16)20/h7-8,14H,3-6,9-13H2,1-2H3. The van der Waals surface area contributed by atoms with Crippen LogP contribution in [0, 0.1) is 0 Å². The average molecular weight is 317 g/mol. The normalized spacial score (nSPS) is 13.7. The Bertz CT molecular complexity index is 648. The number of aryl methyl sites for hydroxylation is 2. The minimum absolute atomic E-state index is 0.575. The predicted molar refractivity (Wildman–Crippen MR) is 92.4 cm³/mol. The molecule has 1 aliphatic rings. The van der Waals surface area contributed by atoms with Gasteiger partial charge in [0.05, 0.1) is 19.8 Å². The van der Waals surface area contributed by atoms with E-state index in [0.717, 1.165) is 18.7 Å². The summed E-state index contributed by atoms with van der Waals surface area (Å²) in [6, 6.07) is 6.50. The molecule has 0 unspecified atom stereocenters. The van der Waals surface area contributed by atoms with Gasteiger partial charge in [-0.3, -0.25) is 0 Å². The Morgan fingerprint density at radius 3 is 2.83 bits per heavy atom. The van der Waals surface area contributed by atoms with Crippen molar-refractivity contribution in [2.24, 2.45) is 0 Å². The van der Waals surface area contributed by atoms with Gasteiger partial charge in [-0.1, -0.05) is 13.3 Å². The number of ether oxygens (including phenoxy) is 3. The van der Waals surface area contributed by atoms with Gasteiger partial charge in [-0.05, 0) is 43.0 Å². The van der Waals surface area contributed by atoms with E-state index in [1.54, 1.807) is 12.8 Å². The monoisotopic (exact) mass is 317 g/mol. The Morgan fingerprint density at radius 1 is 1.13 bits per heavy atom. The molecule has 1 aliphatic heterocycles. The van der Waals surface area contributed by atoms with Crippen molar-refractivity contribution >= 4 is 10.9 Å². The number of rotatable bonds is 9. The van der Waals surface area contributed by atoms with Crippen LogP contribution in [-0.4, -0.2) is 38.1 Å². The molecule has 1 aromatic heterocycles. The van der Waals surface area contributed by atoms with E-state index in [0.29, 0.717) is 26.4 Å². The van der Waals surface area contributed by atoms with Crippen molar-refractivity contribution in [2.45, 2.75) is 39.2 Å². The number of hydrogen-bond acceptors (Lipinski definition) is 3. The smallest absolute Gasteiger partial charge is 0.120 e. The molecule has 4 nitrogen and oxygen atoms in total. The summed E-state index contributed by atoms with van der Waals surface area (Å²) >= 11 is 0. The lowest BCUT2D eigenvalue weighted by Crippen LogP contribution is -2.09. The molecule has 0 fully saturated rings. The maximum Gasteiger partial charge on any atom is 0.120 e. The van der Waals surface area contributed by atoms with Crippen molar-refractivity contribution in [2.75, 3.05) is 33.5 Å². The third-order valence-electron chi connectivity index (χ3n) is 4.48. The second kappa shape index (κ2) is 7.84. The highest BCUT2D eigenvalue weighted by Gasteiger charge is 2.20. The summed E-state index contributed by atoms with van der Waals surface area (Å²) < 4.78 is 18.7. The fraction of sp³-hybridized carbons (Fsp3) is 0.579. The Balaban J connectivity index is 1.70. The number of fused-ring (bicyclic) bond motifs is 3. The van der Waals surface area contributed by atoms with E-state index in [2.05, 4.69) is 29.7 Å². The molecule has 0 saturated heterocycles. The number of methoxy groups -OCH3 is 1. The molecule has 2 aromatic rings. The van der Waals surface area contributed by atoms with Crippen LogP contribution < -0.4 is 4.74 Å². The minimum Gasteiger partial charge on any atom is -0.491 e. The molecule has 0 amide bonds. The van der Waals surface area contributed by atoms with E-state index >= 15 is 0 Å². The maximum absolute atomic E-state index is 5.85. The third-order valence-corrected chi connectivity index (χ3v) is 4.48. The van der Waals surface area contributed by atoms with Gasteiger partial charge in [0.1, 0.15) is 12.4 Å². The van der Waals surface area contributed by atoms with Crippen molar-refractivity contribution < 1.29 is 14.2 Å². The van der Waals surface area contributed by atoms with Crippen LogP contribution >= 0.6 is 0 Å². The lowest BCUT2D eigenvalue weighted by atomic mass is 10.0. The molecule has 23 heavy (non-hydrogen) atoms. The maximum atomic E-state index is 5.85. The van der Waals surface area contributed by atoms with Gasteiger partial charge in [0.15, 0.2) is 0 Å². The van der Waals surface area contributed by atoms with Gasteiger partial charge >= 0.3 is 0 Å². The van der Waals surface area contributed by atoms with Crippen molar-refractivity contribution in [3.8, 4) is 5.75 Å². The summed E-state index contributed by atoms with van der Waals surface area (Å²) in [6.45, 7) is 5.82. The summed E-state index contributed by atoms with van der Waals surface area (Å²) in [6.07, 6.45) is 4.83. The molecule has 0 spiro atoms. The second-order valence-corrected chi connectivity index (χ2v) is 6.06. The molecule has 0 bridgehead atoms. The molecule has 4 heteroatoms. The summed E-state index contributed by atoms with van der Waals surface area (Å²) in [5, 5.41) is 1.37. The Kier molecular flexibility index (Phi) is 5.57. The van der Waals surface area contributed by atoms with Gasteiger partial charge < -0.3 is 18.8 Å². The molecular weight excluding hydrogens is 290 g/mol. The van der Waals surface area contributed by atoms with Crippen LogP contribution in [0.5, 0.6) is 5.75 Å². The molecule has 0 aliphatic carbocycles. The number of benzene rings is 1. The van der Waals surface area contributed by atoms with E-state index in [-0.39, 0.29) is 0 Å². The van der Waals surface area contributed by atoms with Crippen LogP contribution in [0.2, 0.25) is 0 Å². The quantitative estimate of drug-likeness (QED) is 0.663. The first-order valence-corrected chi connectivity index (χ1v) is 8.68. The topological polar surface area (TPSA) is 32.6 Å². The van der Waals surface area contributed by atoms with Gasteiger partial charge in [-0.2, -0.15) is 0 Å². The largest absolute Gasteiger partial charge is 0.491 e. The van der Waals surface area contributed by atoms with Crippen molar-refractivity contribution in [3.05, 3.63) is 29.5 Å². The average Bonchev–Trinajstić information content (AvgIpc) is 3.14. The number of nitrogens with zero attached hydrogens (tertiary/aromatic N) is 1. The molecule has 126 valence electrons. The second-order valence-electron chi connectivity index (χ2n) is 6.06. The SMILES string of the molecule is CCCc1c2n(c3ccc(OCCOCCOC)cc13)CCC2. The molecule has 0 atom stereocenters. The van der Waals surface area contributed by atoms with Crippen LogP contribution in [0.1, 0.15) is 31.0 Å². The Hall–Kier alpha value is -1.52. The van der Waals surface area contributed by atoms with Gasteiger partial charge in [0.25, 0.3) is 0 Å². The highest BCUT2D eigenvalue weighted by atomic mass is 16.5. The minimum atomic E-state index is 0.575. The number of hydrogen-bond donors (Lipinski definition) is 0. The van der Waals surface area contributed by atoms with Crippen LogP contribution in [-0.2, 0) is 28.9 Å². The van der Waals surface area contributed by atoms with Crippen LogP contribution in [0.3, 0.4) is 0 Å². The molecule has 1 aromatic carbocycles. The highest BCUT2D eigenvalue weighted by molar-refractivity contribution is 5.87. The Morgan fingerprint density at radius 2 is 2.00 bits per heavy atom. The van der Waals surface area contributed by atoms with E-state index in [1.807, 2.05) is 0 Å². The zero-order valence-electron chi connectivity index (χ0n) is 14.3. The van der Waals surface area contributed by atoms with Crippen molar-refractivity contribution in [1.29, 1.82) is 0 Å². The molecule has 3 rings (SSSR count). The summed E-state index contributed by atoms with van der Waals surface area (Å²) in [5.41, 5.74) is 4.44. The van der Waals surface area contributed by atoms with E-state index < -0.39 is 0 Å². The van der Waals surface area contributed by atoms with Gasteiger partial charge in [-0.25, -0.2) is 0 Å². The molecule has 0 N–H and O–H groups in total. The summed E-state index contributed by atoms with van der Waals surface area (Å²) in [5.74, 6) is 0.939. The third kappa shape index (κ3) is 3.54. The van der Waals surface area contributed by atoms with Gasteiger partial charge in [-0.15, -0.1) is 0 Å². The highest BCUT2D eigenvalue weighted by Crippen LogP contribution is 2.34. The Labute approximate surface area is 138 Å². The molecular formula is C19H27NO3. The number of aromatic nitrogens is 1. The first kappa shape index (κ1) is 16.3. The summed E-state index contributed by atoms with van der Waals surface area (Å²) in [4.78, 5) is 0. The zero-order chi connectivity index (χ0) is 16.1.